The van der Waals surface area contributed by atoms with Gasteiger partial charge in [0.1, 0.15) is 12.4 Å². The first-order valence-corrected chi connectivity index (χ1v) is 12.5. The minimum Gasteiger partial charge on any atom is -0.490 e. The Kier molecular flexibility index (Phi) is 6.73. The average molecular weight is 496 g/mol. The van der Waals surface area contributed by atoms with Crippen molar-refractivity contribution in [2.75, 3.05) is 6.61 Å². The number of nitrogens with zero attached hydrogens (tertiary/aromatic N) is 2. The van der Waals surface area contributed by atoms with Crippen LogP contribution in [0.5, 0.6) is 11.5 Å². The highest BCUT2D eigenvalue weighted by atomic mass is 32.2. The van der Waals surface area contributed by atoms with Gasteiger partial charge in [-0.25, -0.2) is 0 Å². The molecule has 0 unspecified atom stereocenters. The maximum atomic E-state index is 12.8. The van der Waals surface area contributed by atoms with Crippen LogP contribution in [0, 0.1) is 12.3 Å². The monoisotopic (exact) mass is 495 g/mol. The minimum atomic E-state index is -0.431. The summed E-state index contributed by atoms with van der Waals surface area (Å²) in [6.45, 7) is 4.86. The molecule has 2 aliphatic heterocycles. The SMILES string of the molecule is CCOc1cc(/C=C2/C(=N)N3C(c4ccccc4)=CSC3=NC2=O)ccc1OCc1ccccc1C. The van der Waals surface area contributed by atoms with Gasteiger partial charge in [-0.15, -0.1) is 0 Å². The minimum absolute atomic E-state index is 0.0999. The molecule has 0 aromatic heterocycles. The third kappa shape index (κ3) is 4.70. The van der Waals surface area contributed by atoms with Crippen LogP contribution in [0.25, 0.3) is 11.8 Å². The molecule has 0 spiro atoms. The summed E-state index contributed by atoms with van der Waals surface area (Å²) in [6.07, 6.45) is 1.68. The summed E-state index contributed by atoms with van der Waals surface area (Å²) in [5.41, 5.74) is 5.01. The summed E-state index contributed by atoms with van der Waals surface area (Å²) < 4.78 is 11.9. The number of nitrogens with one attached hydrogen (secondary N) is 1. The molecule has 0 bridgehead atoms. The van der Waals surface area contributed by atoms with E-state index in [4.69, 9.17) is 14.9 Å². The summed E-state index contributed by atoms with van der Waals surface area (Å²) in [5, 5.41) is 11.3. The van der Waals surface area contributed by atoms with E-state index in [1.165, 1.54) is 11.8 Å². The summed E-state index contributed by atoms with van der Waals surface area (Å²) in [4.78, 5) is 18.8. The van der Waals surface area contributed by atoms with E-state index in [0.717, 1.165) is 28.0 Å². The number of carbonyl (C=O) groups is 1. The van der Waals surface area contributed by atoms with Crippen molar-refractivity contribution in [3.8, 4) is 11.5 Å². The van der Waals surface area contributed by atoms with Gasteiger partial charge in [0.2, 0.25) is 0 Å². The number of rotatable bonds is 7. The van der Waals surface area contributed by atoms with Gasteiger partial charge < -0.3 is 9.47 Å². The van der Waals surface area contributed by atoms with E-state index in [0.29, 0.717) is 29.9 Å². The molecule has 2 aliphatic rings. The molecule has 1 N–H and O–H groups in total. The summed E-state index contributed by atoms with van der Waals surface area (Å²) in [5.74, 6) is 0.876. The predicted molar refractivity (Wildman–Crippen MR) is 145 cm³/mol. The Morgan fingerprint density at radius 1 is 1.00 bits per heavy atom. The van der Waals surface area contributed by atoms with Gasteiger partial charge in [0.25, 0.3) is 5.91 Å². The maximum Gasteiger partial charge on any atom is 0.283 e. The number of fused-ring (bicyclic) bond motifs is 1. The topological polar surface area (TPSA) is 75.0 Å². The maximum absolute atomic E-state index is 12.8. The zero-order valence-corrected chi connectivity index (χ0v) is 20.8. The van der Waals surface area contributed by atoms with Crippen molar-refractivity contribution in [1.82, 2.24) is 4.90 Å². The number of amides is 1. The van der Waals surface area contributed by atoms with Gasteiger partial charge in [-0.2, -0.15) is 4.99 Å². The Morgan fingerprint density at radius 3 is 2.56 bits per heavy atom. The number of amidine groups is 2. The fourth-order valence-corrected chi connectivity index (χ4v) is 4.90. The Morgan fingerprint density at radius 2 is 1.78 bits per heavy atom. The first-order valence-electron chi connectivity index (χ1n) is 11.7. The zero-order chi connectivity index (χ0) is 25.1. The van der Waals surface area contributed by atoms with E-state index >= 15 is 0 Å². The lowest BCUT2D eigenvalue weighted by molar-refractivity contribution is -0.114. The fourth-order valence-electron chi connectivity index (χ4n) is 4.01. The van der Waals surface area contributed by atoms with Crippen molar-refractivity contribution < 1.29 is 14.3 Å². The summed E-state index contributed by atoms with van der Waals surface area (Å²) in [7, 11) is 0. The first-order chi connectivity index (χ1) is 17.5. The smallest absolute Gasteiger partial charge is 0.283 e. The number of ether oxygens (including phenoxy) is 2. The van der Waals surface area contributed by atoms with Crippen molar-refractivity contribution >= 4 is 40.4 Å². The van der Waals surface area contributed by atoms with Crippen LogP contribution in [0.4, 0.5) is 0 Å². The van der Waals surface area contributed by atoms with Crippen molar-refractivity contribution in [2.24, 2.45) is 4.99 Å². The summed E-state index contributed by atoms with van der Waals surface area (Å²) >= 11 is 1.35. The molecule has 0 saturated carbocycles. The van der Waals surface area contributed by atoms with Gasteiger partial charge >= 0.3 is 0 Å². The van der Waals surface area contributed by atoms with Crippen molar-refractivity contribution in [1.29, 1.82) is 5.41 Å². The van der Waals surface area contributed by atoms with Crippen LogP contribution < -0.4 is 9.47 Å². The number of hydrogen-bond donors (Lipinski definition) is 1. The molecule has 3 aromatic rings. The number of carbonyl (C=O) groups excluding carboxylic acids is 1. The lowest BCUT2D eigenvalue weighted by Crippen LogP contribution is -2.38. The van der Waals surface area contributed by atoms with Crippen LogP contribution in [-0.2, 0) is 11.4 Å². The second-order valence-electron chi connectivity index (χ2n) is 8.28. The average Bonchev–Trinajstić information content (AvgIpc) is 3.31. The number of thioether (sulfide) groups is 1. The molecule has 0 aliphatic carbocycles. The van der Waals surface area contributed by atoms with Gasteiger partial charge in [-0.05, 0) is 54.3 Å². The van der Waals surface area contributed by atoms with E-state index in [1.54, 1.807) is 11.0 Å². The third-order valence-corrected chi connectivity index (χ3v) is 6.73. The Bertz CT molecular complexity index is 1430. The molecule has 2 heterocycles. The molecule has 1 amide bonds. The van der Waals surface area contributed by atoms with Crippen LogP contribution in [-0.4, -0.2) is 28.4 Å². The fraction of sp³-hybridized carbons (Fsp3) is 0.138. The molecule has 0 radical (unpaired) electrons. The highest BCUT2D eigenvalue weighted by Crippen LogP contribution is 2.38. The highest BCUT2D eigenvalue weighted by Gasteiger charge is 2.36. The molecule has 7 heteroatoms. The van der Waals surface area contributed by atoms with E-state index < -0.39 is 5.91 Å². The molecule has 180 valence electrons. The van der Waals surface area contributed by atoms with Gasteiger partial charge in [0, 0.05) is 5.41 Å². The van der Waals surface area contributed by atoms with E-state index in [2.05, 4.69) is 18.0 Å². The number of hydrogen-bond acceptors (Lipinski definition) is 5. The second-order valence-corrected chi connectivity index (χ2v) is 9.12. The Balaban J connectivity index is 1.42. The highest BCUT2D eigenvalue weighted by molar-refractivity contribution is 8.17. The zero-order valence-electron chi connectivity index (χ0n) is 20.0. The predicted octanol–water partition coefficient (Wildman–Crippen LogP) is 6.28. The molecule has 0 atom stereocenters. The number of benzene rings is 3. The normalized spacial score (nSPS) is 16.1. The molecule has 5 rings (SSSR count). The third-order valence-electron chi connectivity index (χ3n) is 5.91. The molecule has 36 heavy (non-hydrogen) atoms. The van der Waals surface area contributed by atoms with Gasteiger partial charge in [0.15, 0.2) is 16.7 Å². The molecule has 6 nitrogen and oxygen atoms in total. The van der Waals surface area contributed by atoms with Gasteiger partial charge in [0.05, 0.1) is 17.9 Å². The molecular weight excluding hydrogens is 470 g/mol. The quantitative estimate of drug-likeness (QED) is 0.391. The number of aryl methyl sites for hydroxylation is 1. The van der Waals surface area contributed by atoms with Crippen molar-refractivity contribution in [3.63, 3.8) is 0 Å². The van der Waals surface area contributed by atoms with Crippen LogP contribution in [0.2, 0.25) is 0 Å². The lowest BCUT2D eigenvalue weighted by atomic mass is 10.1. The molecular formula is C29H25N3O3S. The first kappa shape index (κ1) is 23.6. The summed E-state index contributed by atoms with van der Waals surface area (Å²) in [6, 6.07) is 23.4. The molecule has 0 saturated heterocycles. The van der Waals surface area contributed by atoms with E-state index in [-0.39, 0.29) is 11.4 Å². The van der Waals surface area contributed by atoms with Crippen molar-refractivity contribution in [2.45, 2.75) is 20.5 Å². The largest absolute Gasteiger partial charge is 0.490 e. The number of aliphatic imine (C=N–C) groups is 1. The van der Waals surface area contributed by atoms with E-state index in [9.17, 15) is 4.79 Å². The molecule has 3 aromatic carbocycles. The lowest BCUT2D eigenvalue weighted by Gasteiger charge is -2.27. The van der Waals surface area contributed by atoms with Crippen LogP contribution in [0.1, 0.15) is 29.2 Å². The standard InChI is InChI=1S/C29H25N3O3S/c1-3-34-26-16-20(13-14-25(26)35-17-22-12-8-7-9-19(22)2)15-23-27(30)32-24(21-10-5-4-6-11-21)18-36-29(32)31-28(23)33/h4-16,18,30H,3,17H2,1-2H3/b23-15-,30-27?. The van der Waals surface area contributed by atoms with Crippen LogP contribution in [0.15, 0.2) is 88.8 Å². The molecule has 0 fully saturated rings. The van der Waals surface area contributed by atoms with Gasteiger partial charge in [-0.1, -0.05) is 72.4 Å². The van der Waals surface area contributed by atoms with Crippen LogP contribution >= 0.6 is 11.8 Å². The van der Waals surface area contributed by atoms with Gasteiger partial charge in [-0.3, -0.25) is 15.1 Å². The Labute approximate surface area is 214 Å². The van der Waals surface area contributed by atoms with Crippen molar-refractivity contribution in [3.05, 3.63) is 106 Å². The van der Waals surface area contributed by atoms with E-state index in [1.807, 2.05) is 79.1 Å². The Hall–Kier alpha value is -4.10. The van der Waals surface area contributed by atoms with Crippen LogP contribution in [0.3, 0.4) is 0 Å². The second kappa shape index (κ2) is 10.3.